The molecule has 0 unspecified atom stereocenters. The fourth-order valence-electron chi connectivity index (χ4n) is 17.0. The van der Waals surface area contributed by atoms with Gasteiger partial charge in [-0.1, -0.05) is 303 Å². The number of hydrogen-bond acceptors (Lipinski definition) is 2. The smallest absolute Gasteiger partial charge is 0.0991 e. The van der Waals surface area contributed by atoms with Crippen LogP contribution in [-0.4, -0.2) is 0 Å². The summed E-state index contributed by atoms with van der Waals surface area (Å²) in [5.74, 6) is 0. The van der Waals surface area contributed by atoms with Crippen molar-refractivity contribution >= 4 is 86.2 Å². The maximum Gasteiger partial charge on any atom is 0.0991 e. The van der Waals surface area contributed by atoms with Crippen molar-refractivity contribution in [3.05, 3.63) is 363 Å². The minimum atomic E-state index is 0.669. The molecule has 19 aromatic carbocycles. The summed E-state index contributed by atoms with van der Waals surface area (Å²) in [5, 5.41) is 39.0. The van der Waals surface area contributed by atoms with E-state index in [0.717, 1.165) is 22.3 Å². The molecule has 0 aliphatic heterocycles. The Morgan fingerprint density at radius 1 is 0.157 bits per heavy atom. The van der Waals surface area contributed by atoms with Gasteiger partial charge in [-0.05, 0) is 257 Å². The molecular weight excluding hydrogens is 1230 g/mol. The van der Waals surface area contributed by atoms with Crippen molar-refractivity contribution in [2.75, 3.05) is 0 Å². The molecule has 21 rings (SSSR count). The lowest BCUT2D eigenvalue weighted by Crippen LogP contribution is -1.94. The number of nitriles is 2. The Kier molecular flexibility index (Phi) is 13.4. The molecule has 0 radical (unpaired) electrons. The van der Waals surface area contributed by atoms with Crippen LogP contribution in [0.5, 0.6) is 0 Å². The molecule has 0 N–H and O–H groups in total. The van der Waals surface area contributed by atoms with Crippen molar-refractivity contribution in [2.45, 2.75) is 0 Å². The van der Waals surface area contributed by atoms with E-state index in [0.29, 0.717) is 11.1 Å². The van der Waals surface area contributed by atoms with E-state index in [-0.39, 0.29) is 0 Å². The van der Waals surface area contributed by atoms with E-state index in [4.69, 9.17) is 0 Å². The first kappa shape index (κ1) is 58.4. The average Bonchev–Trinajstić information content (AvgIpc) is 1.53. The van der Waals surface area contributed by atoms with E-state index in [9.17, 15) is 10.5 Å². The standard InChI is InChI=1S/C53H31N.C47H27N/c54-32-33-16-18-36(19-17-33)37-20-24-38(25-21-37)43-28-29-48-51-44(43)14-7-15-47(51)52-49(41-26-22-34-8-1-3-10-39(34)30-41)45-12-5-6-13-46(45)50(53(48)52)42-27-23-35-9-2-4-11-40(35)31-42;48-28-29-9-7-14-34(25-29)37-23-24-42-45-38(37)17-8-18-41(45)46-43(35-21-19-30-10-1-3-12-32(30)26-35)39-15-5-6-16-40(39)44(47(42)46)36-22-20-31-11-2-4-13-33(31)27-36/h1-31H;1-27H. The van der Waals surface area contributed by atoms with Crippen LogP contribution < -0.4 is 0 Å². The Labute approximate surface area is 590 Å². The fraction of sp³-hybridized carbons (Fsp3) is 0. The van der Waals surface area contributed by atoms with Gasteiger partial charge in [0.15, 0.2) is 0 Å². The molecule has 0 saturated carbocycles. The van der Waals surface area contributed by atoms with Gasteiger partial charge in [-0.3, -0.25) is 0 Å². The van der Waals surface area contributed by atoms with E-state index >= 15 is 0 Å². The zero-order valence-corrected chi connectivity index (χ0v) is 55.4. The first-order chi connectivity index (χ1) is 50.5. The molecule has 2 aliphatic carbocycles. The zero-order valence-electron chi connectivity index (χ0n) is 55.4. The molecule has 2 aliphatic rings. The van der Waals surface area contributed by atoms with Crippen LogP contribution in [0.25, 0.3) is 209 Å². The lowest BCUT2D eigenvalue weighted by atomic mass is 9.82. The van der Waals surface area contributed by atoms with Gasteiger partial charge in [0.2, 0.25) is 0 Å². The second-order valence-electron chi connectivity index (χ2n) is 27.1. The van der Waals surface area contributed by atoms with Gasteiger partial charge < -0.3 is 0 Å². The summed E-state index contributed by atoms with van der Waals surface area (Å²) < 4.78 is 0. The summed E-state index contributed by atoms with van der Waals surface area (Å²) in [6.45, 7) is 0. The van der Waals surface area contributed by atoms with Crippen LogP contribution in [0.2, 0.25) is 0 Å². The van der Waals surface area contributed by atoms with Crippen LogP contribution in [0.15, 0.2) is 352 Å². The Hall–Kier alpha value is -13.8. The number of rotatable bonds is 7. The van der Waals surface area contributed by atoms with Crippen molar-refractivity contribution in [1.82, 2.24) is 0 Å². The van der Waals surface area contributed by atoms with Gasteiger partial charge in [0.25, 0.3) is 0 Å². The molecule has 0 aromatic heterocycles. The second kappa shape index (κ2) is 23.5. The Bertz CT molecular complexity index is 6610. The molecule has 0 atom stereocenters. The summed E-state index contributed by atoms with van der Waals surface area (Å²) >= 11 is 0. The van der Waals surface area contributed by atoms with Gasteiger partial charge in [-0.25, -0.2) is 0 Å². The molecule has 2 nitrogen and oxygen atoms in total. The maximum atomic E-state index is 9.69. The van der Waals surface area contributed by atoms with Gasteiger partial charge in [-0.15, -0.1) is 0 Å². The minimum Gasteiger partial charge on any atom is -0.192 e. The highest BCUT2D eigenvalue weighted by atomic mass is 14.4. The summed E-state index contributed by atoms with van der Waals surface area (Å²) in [6.07, 6.45) is 0. The molecule has 19 aromatic rings. The Morgan fingerprint density at radius 3 is 0.814 bits per heavy atom. The number of fused-ring (bicyclic) bond motifs is 12. The number of benzene rings is 19. The molecule has 0 amide bonds. The molecule has 0 fully saturated rings. The third kappa shape index (κ3) is 9.25. The van der Waals surface area contributed by atoms with Crippen molar-refractivity contribution in [3.8, 4) is 135 Å². The monoisotopic (exact) mass is 1290 g/mol. The van der Waals surface area contributed by atoms with Crippen molar-refractivity contribution in [1.29, 1.82) is 10.5 Å². The van der Waals surface area contributed by atoms with Crippen LogP contribution in [0.4, 0.5) is 0 Å². The lowest BCUT2D eigenvalue weighted by molar-refractivity contribution is 1.48. The van der Waals surface area contributed by atoms with E-state index in [1.807, 2.05) is 42.5 Å². The van der Waals surface area contributed by atoms with Gasteiger partial charge in [0, 0.05) is 0 Å². The normalized spacial score (nSPS) is 11.7. The van der Waals surface area contributed by atoms with Crippen LogP contribution in [0.3, 0.4) is 0 Å². The molecule has 2 heteroatoms. The molecule has 102 heavy (non-hydrogen) atoms. The predicted octanol–water partition coefficient (Wildman–Crippen LogP) is 27.3. The van der Waals surface area contributed by atoms with Crippen molar-refractivity contribution in [2.24, 2.45) is 0 Å². The average molecular weight is 1290 g/mol. The quantitative estimate of drug-likeness (QED) is 0.160. The van der Waals surface area contributed by atoms with Crippen molar-refractivity contribution < 1.29 is 0 Å². The molecule has 0 heterocycles. The molecule has 0 saturated heterocycles. The molecule has 0 bridgehead atoms. The van der Waals surface area contributed by atoms with Gasteiger partial charge in [0.1, 0.15) is 0 Å². The number of nitrogens with zero attached hydrogens (tertiary/aromatic N) is 2. The van der Waals surface area contributed by atoms with Crippen LogP contribution in [0, 0.1) is 22.7 Å². The summed E-state index contributed by atoms with van der Waals surface area (Å²) in [7, 11) is 0. The SMILES string of the molecule is N#Cc1ccc(-c2ccc(-c3ccc4c5c(cccc35)-c3c-4c(-c4ccc5ccccc5c4)c4ccccc4c3-c3ccc4ccccc4c3)cc2)cc1.N#Cc1cccc(-c2ccc3c4c(cccc24)-c2c-3c(-c3ccc4ccccc4c3)c3ccccc3c2-c2ccc3ccccc3c2)c1. The highest BCUT2D eigenvalue weighted by Crippen LogP contribution is 2.61. The third-order valence-electron chi connectivity index (χ3n) is 21.6. The molecular formula is C100H58N2. The summed E-state index contributed by atoms with van der Waals surface area (Å²) in [6, 6.07) is 132. The highest BCUT2D eigenvalue weighted by molar-refractivity contribution is 6.31. The predicted molar refractivity (Wildman–Crippen MR) is 429 cm³/mol. The third-order valence-corrected chi connectivity index (χ3v) is 21.6. The van der Waals surface area contributed by atoms with E-state index < -0.39 is 0 Å². The molecule has 0 spiro atoms. The highest BCUT2D eigenvalue weighted by Gasteiger charge is 2.34. The minimum absolute atomic E-state index is 0.669. The second-order valence-corrected chi connectivity index (χ2v) is 27.1. The van der Waals surface area contributed by atoms with Gasteiger partial charge >= 0.3 is 0 Å². The van der Waals surface area contributed by atoms with Gasteiger partial charge in [0.05, 0.1) is 23.3 Å². The lowest BCUT2D eigenvalue weighted by Gasteiger charge is -2.21. The van der Waals surface area contributed by atoms with Crippen LogP contribution in [0.1, 0.15) is 11.1 Å². The Morgan fingerprint density at radius 2 is 0.441 bits per heavy atom. The zero-order chi connectivity index (χ0) is 67.5. The first-order valence-electron chi connectivity index (χ1n) is 34.9. The van der Waals surface area contributed by atoms with Gasteiger partial charge in [-0.2, -0.15) is 10.5 Å². The van der Waals surface area contributed by atoms with E-state index in [2.05, 4.69) is 322 Å². The summed E-state index contributed by atoms with van der Waals surface area (Å²) in [5.41, 5.74) is 28.5. The van der Waals surface area contributed by atoms with Crippen LogP contribution >= 0.6 is 0 Å². The topological polar surface area (TPSA) is 47.6 Å². The summed E-state index contributed by atoms with van der Waals surface area (Å²) in [4.78, 5) is 0. The fourth-order valence-corrected chi connectivity index (χ4v) is 17.0. The number of hydrogen-bond donors (Lipinski definition) is 0. The largest absolute Gasteiger partial charge is 0.192 e. The van der Waals surface area contributed by atoms with Crippen LogP contribution in [-0.2, 0) is 0 Å². The molecule has 468 valence electrons. The van der Waals surface area contributed by atoms with Crippen molar-refractivity contribution in [3.63, 3.8) is 0 Å². The Balaban J connectivity index is 0.000000138. The first-order valence-corrected chi connectivity index (χ1v) is 34.9. The van der Waals surface area contributed by atoms with E-state index in [1.165, 1.54) is 186 Å². The van der Waals surface area contributed by atoms with E-state index in [1.54, 1.807) is 0 Å². The maximum absolute atomic E-state index is 9.69.